The van der Waals surface area contributed by atoms with Crippen LogP contribution in [0.5, 0.6) is 0 Å². The largest absolute Gasteiger partial charge is 0.372 e. The van der Waals surface area contributed by atoms with Crippen molar-refractivity contribution in [1.29, 1.82) is 5.26 Å². The number of nitrogens with two attached hydrogens (primary N) is 1. The summed E-state index contributed by atoms with van der Waals surface area (Å²) in [5, 5.41) is 12.7. The molecular weight excluding hydrogens is 396 g/mol. The molecule has 2 aromatic rings. The molecule has 2 amide bonds. The van der Waals surface area contributed by atoms with Gasteiger partial charge in [-0.3, -0.25) is 9.59 Å². The molecule has 0 atom stereocenters. The second-order valence-electron chi connectivity index (χ2n) is 7.17. The third-order valence-electron chi connectivity index (χ3n) is 5.34. The summed E-state index contributed by atoms with van der Waals surface area (Å²) in [6.45, 7) is 6.01. The fourth-order valence-electron chi connectivity index (χ4n) is 3.77. The van der Waals surface area contributed by atoms with Crippen molar-refractivity contribution >= 4 is 39.9 Å². The molecule has 1 aliphatic rings. The first-order chi connectivity index (χ1) is 14.5. The van der Waals surface area contributed by atoms with Gasteiger partial charge in [0.1, 0.15) is 16.6 Å². The summed E-state index contributed by atoms with van der Waals surface area (Å²) in [4.78, 5) is 28.1. The molecule has 3 rings (SSSR count). The summed E-state index contributed by atoms with van der Waals surface area (Å²) < 4.78 is 0. The Hall–Kier alpha value is -3.11. The van der Waals surface area contributed by atoms with Crippen molar-refractivity contribution < 1.29 is 9.59 Å². The number of anilines is 2. The Kier molecular flexibility index (Phi) is 6.91. The topological polar surface area (TPSA) is 99.2 Å². The summed E-state index contributed by atoms with van der Waals surface area (Å²) in [5.41, 5.74) is 8.76. The van der Waals surface area contributed by atoms with Crippen LogP contribution < -0.4 is 16.0 Å². The van der Waals surface area contributed by atoms with Crippen LogP contribution in [0.2, 0.25) is 0 Å². The normalized spacial score (nSPS) is 13.3. The molecule has 0 fully saturated rings. The number of amides is 2. The predicted octanol–water partition coefficient (Wildman–Crippen LogP) is 4.12. The second-order valence-corrected chi connectivity index (χ2v) is 8.27. The molecular formula is C23H26N4O2S. The highest BCUT2D eigenvalue weighted by molar-refractivity contribution is 7.17. The molecule has 1 aromatic carbocycles. The molecule has 1 heterocycles. The Labute approximate surface area is 181 Å². The lowest BCUT2D eigenvalue weighted by atomic mass is 9.95. The van der Waals surface area contributed by atoms with E-state index in [9.17, 15) is 14.9 Å². The van der Waals surface area contributed by atoms with Gasteiger partial charge in [-0.05, 0) is 68.9 Å². The van der Waals surface area contributed by atoms with Crippen molar-refractivity contribution in [2.45, 2.75) is 39.5 Å². The molecule has 1 aromatic heterocycles. The van der Waals surface area contributed by atoms with E-state index in [2.05, 4.69) is 24.1 Å². The molecule has 0 radical (unpaired) electrons. The predicted molar refractivity (Wildman–Crippen MR) is 122 cm³/mol. The van der Waals surface area contributed by atoms with Crippen LogP contribution in [0.25, 0.3) is 6.08 Å². The van der Waals surface area contributed by atoms with E-state index in [-0.39, 0.29) is 5.57 Å². The van der Waals surface area contributed by atoms with Crippen LogP contribution in [0, 0.1) is 11.3 Å². The fraction of sp³-hybridized carbons (Fsp3) is 0.348. The molecule has 0 saturated heterocycles. The zero-order chi connectivity index (χ0) is 21.7. The first-order valence-electron chi connectivity index (χ1n) is 10.2. The third kappa shape index (κ3) is 4.55. The van der Waals surface area contributed by atoms with Gasteiger partial charge in [-0.15, -0.1) is 11.3 Å². The van der Waals surface area contributed by atoms with Crippen LogP contribution in [0.15, 0.2) is 29.8 Å². The van der Waals surface area contributed by atoms with Crippen LogP contribution in [-0.4, -0.2) is 24.9 Å². The number of primary amides is 1. The van der Waals surface area contributed by atoms with Crippen molar-refractivity contribution in [2.75, 3.05) is 23.3 Å². The summed E-state index contributed by atoms with van der Waals surface area (Å²) in [7, 11) is 0. The molecule has 0 aliphatic heterocycles. The van der Waals surface area contributed by atoms with Crippen molar-refractivity contribution in [3.63, 3.8) is 0 Å². The highest BCUT2D eigenvalue weighted by atomic mass is 32.1. The SMILES string of the molecule is CCN(CC)c1ccc(C=C(C#N)C(=O)Nc2sc3c(c2C(N)=O)CCCC3)cc1. The fourth-order valence-corrected chi connectivity index (χ4v) is 5.06. The minimum atomic E-state index is -0.542. The zero-order valence-corrected chi connectivity index (χ0v) is 18.1. The van der Waals surface area contributed by atoms with Crippen molar-refractivity contribution in [3.05, 3.63) is 51.4 Å². The summed E-state index contributed by atoms with van der Waals surface area (Å²) in [6, 6.07) is 9.69. The molecule has 1 aliphatic carbocycles. The number of nitrogens with zero attached hydrogens (tertiary/aromatic N) is 2. The van der Waals surface area contributed by atoms with E-state index in [1.807, 2.05) is 30.3 Å². The Morgan fingerprint density at radius 3 is 2.47 bits per heavy atom. The molecule has 0 saturated carbocycles. The van der Waals surface area contributed by atoms with E-state index in [1.54, 1.807) is 6.08 Å². The lowest BCUT2D eigenvalue weighted by Gasteiger charge is -2.20. The van der Waals surface area contributed by atoms with Gasteiger partial charge in [0.05, 0.1) is 5.56 Å². The Morgan fingerprint density at radius 1 is 1.20 bits per heavy atom. The first kappa shape index (κ1) is 21.6. The van der Waals surface area contributed by atoms with Crippen LogP contribution in [0.1, 0.15) is 53.1 Å². The summed E-state index contributed by atoms with van der Waals surface area (Å²) in [5.74, 6) is -1.08. The minimum absolute atomic E-state index is 0.0209. The van der Waals surface area contributed by atoms with Gasteiger partial charge < -0.3 is 16.0 Å². The molecule has 0 spiro atoms. The van der Waals surface area contributed by atoms with Gasteiger partial charge >= 0.3 is 0 Å². The first-order valence-corrected chi connectivity index (χ1v) is 11.0. The maximum atomic E-state index is 12.7. The highest BCUT2D eigenvalue weighted by Crippen LogP contribution is 2.38. The number of rotatable bonds is 7. The number of hydrogen-bond acceptors (Lipinski definition) is 5. The molecule has 156 valence electrons. The van der Waals surface area contributed by atoms with Crippen LogP contribution in [0.4, 0.5) is 10.7 Å². The second kappa shape index (κ2) is 9.59. The highest BCUT2D eigenvalue weighted by Gasteiger charge is 2.25. The van der Waals surface area contributed by atoms with Crippen molar-refractivity contribution in [1.82, 2.24) is 0 Å². The number of nitriles is 1. The Morgan fingerprint density at radius 2 is 1.87 bits per heavy atom. The summed E-state index contributed by atoms with van der Waals surface area (Å²) >= 11 is 1.39. The molecule has 0 bridgehead atoms. The van der Waals surface area contributed by atoms with E-state index in [0.717, 1.165) is 60.5 Å². The standard InChI is InChI=1S/C23H26N4O2S/c1-3-27(4-2)17-11-9-15(10-12-17)13-16(14-24)22(29)26-23-20(21(25)28)18-7-5-6-8-19(18)30-23/h9-13H,3-8H2,1-2H3,(H2,25,28)(H,26,29). The number of carbonyl (C=O) groups excluding carboxylic acids is 2. The lowest BCUT2D eigenvalue weighted by Crippen LogP contribution is -2.21. The van der Waals surface area contributed by atoms with Gasteiger partial charge in [0.2, 0.25) is 0 Å². The number of carbonyl (C=O) groups is 2. The van der Waals surface area contributed by atoms with Crippen LogP contribution >= 0.6 is 11.3 Å². The van der Waals surface area contributed by atoms with E-state index < -0.39 is 11.8 Å². The van der Waals surface area contributed by atoms with Crippen molar-refractivity contribution in [3.8, 4) is 6.07 Å². The lowest BCUT2D eigenvalue weighted by molar-refractivity contribution is -0.112. The third-order valence-corrected chi connectivity index (χ3v) is 6.55. The van der Waals surface area contributed by atoms with Gasteiger partial charge in [-0.1, -0.05) is 12.1 Å². The number of fused-ring (bicyclic) bond motifs is 1. The number of aryl methyl sites for hydroxylation is 1. The number of thiophene rings is 1. The van der Waals surface area contributed by atoms with E-state index in [1.165, 1.54) is 11.3 Å². The van der Waals surface area contributed by atoms with E-state index in [4.69, 9.17) is 5.73 Å². The Bertz CT molecular complexity index is 1010. The van der Waals surface area contributed by atoms with Crippen LogP contribution in [0.3, 0.4) is 0 Å². The quantitative estimate of drug-likeness (QED) is 0.518. The van der Waals surface area contributed by atoms with E-state index in [0.29, 0.717) is 10.6 Å². The Balaban J connectivity index is 1.83. The molecule has 30 heavy (non-hydrogen) atoms. The maximum absolute atomic E-state index is 12.7. The number of benzene rings is 1. The maximum Gasteiger partial charge on any atom is 0.266 e. The van der Waals surface area contributed by atoms with Gasteiger partial charge in [-0.2, -0.15) is 5.26 Å². The van der Waals surface area contributed by atoms with Gasteiger partial charge in [0.15, 0.2) is 0 Å². The molecule has 0 unspecified atom stereocenters. The van der Waals surface area contributed by atoms with Crippen molar-refractivity contribution in [2.24, 2.45) is 5.73 Å². The summed E-state index contributed by atoms with van der Waals surface area (Å²) in [6.07, 6.45) is 5.30. The smallest absolute Gasteiger partial charge is 0.266 e. The zero-order valence-electron chi connectivity index (χ0n) is 17.3. The molecule has 7 heteroatoms. The monoisotopic (exact) mass is 422 g/mol. The average molecular weight is 423 g/mol. The number of nitrogens with one attached hydrogen (secondary N) is 1. The average Bonchev–Trinajstić information content (AvgIpc) is 3.11. The minimum Gasteiger partial charge on any atom is -0.372 e. The molecule has 3 N–H and O–H groups in total. The van der Waals surface area contributed by atoms with Gasteiger partial charge in [0, 0.05) is 23.7 Å². The van der Waals surface area contributed by atoms with E-state index >= 15 is 0 Å². The number of hydrogen-bond donors (Lipinski definition) is 2. The molecule has 6 nitrogen and oxygen atoms in total. The van der Waals surface area contributed by atoms with Gasteiger partial charge in [0.25, 0.3) is 11.8 Å². The van der Waals surface area contributed by atoms with Crippen LogP contribution in [-0.2, 0) is 17.6 Å². The van der Waals surface area contributed by atoms with Gasteiger partial charge in [-0.25, -0.2) is 0 Å².